The molecule has 0 bridgehead atoms. The second-order valence-corrected chi connectivity index (χ2v) is 12.8. The zero-order chi connectivity index (χ0) is 38.0. The first kappa shape index (κ1) is 41.4. The van der Waals surface area contributed by atoms with Crippen LogP contribution in [0.5, 0.6) is 11.5 Å². The number of aliphatic carboxylic acids is 1. The molecule has 18 nitrogen and oxygen atoms in total. The number of nitrogens with zero attached hydrogens (tertiary/aromatic N) is 5. The van der Waals surface area contributed by atoms with E-state index in [9.17, 15) is 21.6 Å². The van der Waals surface area contributed by atoms with Crippen LogP contribution in [0.1, 0.15) is 12.8 Å². The molecule has 0 saturated heterocycles. The van der Waals surface area contributed by atoms with E-state index in [0.29, 0.717) is 42.1 Å². The maximum absolute atomic E-state index is 10.8. The molecule has 4 aromatic carbocycles. The van der Waals surface area contributed by atoms with Gasteiger partial charge in [0.15, 0.2) is 5.96 Å². The fourth-order valence-corrected chi connectivity index (χ4v) is 4.49. The number of aliphatic imine (C=N–C) groups is 1. The number of hydrogen-bond donors (Lipinski definition) is 8. The summed E-state index contributed by atoms with van der Waals surface area (Å²) in [6, 6.07) is 22.4. The SMILES string of the molecule is CNC(CCCN=C(N)N)C(=O)O.O=S(=O)(O)c1ccc(N=Nc2ccc(O)cc2)cc1.O=S(=O)(O)c1ccc(N=Nc2ccc(O)cc2)cc1. The standard InChI is InChI=1S/2C12H10N2O4S.C7H16N4O2/c2*15-11-5-1-9(2-6-11)13-14-10-3-7-12(8-4-10)19(16,17)18;1-10-5(6(12)13)3-2-4-11-7(8)9/h2*1-8,15H,(H,16,17,18);5,10H,2-4H2,1H3,(H,12,13)(H4,8,9,11). The van der Waals surface area contributed by atoms with Crippen LogP contribution in [0, 0.1) is 0 Å². The van der Waals surface area contributed by atoms with Crippen LogP contribution in [0.15, 0.2) is 132 Å². The Hall–Kier alpha value is -5.80. The molecule has 0 spiro atoms. The van der Waals surface area contributed by atoms with Crippen molar-refractivity contribution in [3.8, 4) is 11.5 Å². The van der Waals surface area contributed by atoms with Gasteiger partial charge < -0.3 is 32.1 Å². The Morgan fingerprint density at radius 2 is 0.961 bits per heavy atom. The Kier molecular flexibility index (Phi) is 16.2. The maximum atomic E-state index is 10.8. The summed E-state index contributed by atoms with van der Waals surface area (Å²) in [4.78, 5) is 13.9. The van der Waals surface area contributed by atoms with Crippen LogP contribution in [0.2, 0.25) is 0 Å². The van der Waals surface area contributed by atoms with Crippen LogP contribution in [0.4, 0.5) is 22.7 Å². The van der Waals surface area contributed by atoms with Crippen molar-refractivity contribution in [1.82, 2.24) is 5.32 Å². The Labute approximate surface area is 293 Å². The van der Waals surface area contributed by atoms with Gasteiger partial charge in [-0.25, -0.2) is 0 Å². The number of aromatic hydroxyl groups is 2. The monoisotopic (exact) mass is 744 g/mol. The molecule has 0 heterocycles. The van der Waals surface area contributed by atoms with E-state index in [1.165, 1.54) is 72.8 Å². The minimum atomic E-state index is -4.19. The lowest BCUT2D eigenvalue weighted by Crippen LogP contribution is -2.33. The third-order valence-electron chi connectivity index (χ3n) is 6.12. The van der Waals surface area contributed by atoms with Gasteiger partial charge in [0.2, 0.25) is 0 Å². The molecule has 0 saturated carbocycles. The molecular weight excluding hydrogens is 709 g/mol. The number of carboxylic acid groups (broad SMARTS) is 1. The molecule has 0 amide bonds. The summed E-state index contributed by atoms with van der Waals surface area (Å²) in [6.07, 6.45) is 1.16. The number of nitrogens with two attached hydrogens (primary N) is 2. The molecule has 10 N–H and O–H groups in total. The molecule has 51 heavy (non-hydrogen) atoms. The van der Waals surface area contributed by atoms with Crippen molar-refractivity contribution in [3.63, 3.8) is 0 Å². The van der Waals surface area contributed by atoms with Gasteiger partial charge in [-0.1, -0.05) is 0 Å². The number of guanidine groups is 1. The van der Waals surface area contributed by atoms with E-state index < -0.39 is 32.2 Å². The molecule has 1 unspecified atom stereocenters. The van der Waals surface area contributed by atoms with E-state index in [1.54, 1.807) is 31.3 Å². The Bertz CT molecular complexity index is 1880. The molecule has 0 aromatic heterocycles. The van der Waals surface area contributed by atoms with E-state index in [-0.39, 0.29) is 27.2 Å². The number of benzene rings is 4. The fourth-order valence-electron chi connectivity index (χ4n) is 3.53. The highest BCUT2D eigenvalue weighted by Crippen LogP contribution is 2.23. The molecular formula is C31H36N8O10S2. The van der Waals surface area contributed by atoms with E-state index in [1.807, 2.05) is 0 Å². The van der Waals surface area contributed by atoms with Crippen LogP contribution < -0.4 is 16.8 Å². The predicted molar refractivity (Wildman–Crippen MR) is 187 cm³/mol. The summed E-state index contributed by atoms with van der Waals surface area (Å²) in [5.74, 6) is -0.545. The number of hydrogen-bond acceptors (Lipinski definition) is 13. The lowest BCUT2D eigenvalue weighted by atomic mass is 10.1. The molecule has 0 fully saturated rings. The number of azo groups is 2. The number of phenolic OH excluding ortho intramolecular Hbond substituents is 2. The van der Waals surface area contributed by atoms with Crippen LogP contribution in [-0.4, -0.2) is 72.8 Å². The average Bonchev–Trinajstić information content (AvgIpc) is 3.08. The smallest absolute Gasteiger partial charge is 0.320 e. The number of likely N-dealkylation sites (N-methyl/N-ethyl adjacent to an activating group) is 1. The van der Waals surface area contributed by atoms with Gasteiger partial charge in [-0.05, 0) is 117 Å². The van der Waals surface area contributed by atoms with Crippen molar-refractivity contribution in [2.75, 3.05) is 13.6 Å². The van der Waals surface area contributed by atoms with Crippen molar-refractivity contribution in [2.24, 2.45) is 36.9 Å². The van der Waals surface area contributed by atoms with Gasteiger partial charge in [-0.2, -0.15) is 37.3 Å². The minimum Gasteiger partial charge on any atom is -0.508 e. The molecule has 272 valence electrons. The number of phenols is 2. The summed E-state index contributed by atoms with van der Waals surface area (Å²) in [6.45, 7) is 0.466. The van der Waals surface area contributed by atoms with E-state index >= 15 is 0 Å². The predicted octanol–water partition coefficient (Wildman–Crippen LogP) is 4.82. The molecule has 0 aliphatic carbocycles. The third-order valence-corrected chi connectivity index (χ3v) is 7.86. The van der Waals surface area contributed by atoms with Crippen molar-refractivity contribution < 1.29 is 46.1 Å². The Balaban J connectivity index is 0.000000271. The lowest BCUT2D eigenvalue weighted by Gasteiger charge is -2.09. The Morgan fingerprint density at radius 1 is 0.647 bits per heavy atom. The van der Waals surface area contributed by atoms with Gasteiger partial charge in [-0.3, -0.25) is 18.9 Å². The van der Waals surface area contributed by atoms with Crippen molar-refractivity contribution in [3.05, 3.63) is 97.1 Å². The lowest BCUT2D eigenvalue weighted by molar-refractivity contribution is -0.139. The van der Waals surface area contributed by atoms with E-state index in [2.05, 4.69) is 30.8 Å². The van der Waals surface area contributed by atoms with Gasteiger partial charge in [0, 0.05) is 6.54 Å². The van der Waals surface area contributed by atoms with Gasteiger partial charge in [0.25, 0.3) is 20.2 Å². The molecule has 4 rings (SSSR count). The summed E-state index contributed by atoms with van der Waals surface area (Å²) in [7, 11) is -6.77. The number of rotatable bonds is 12. The molecule has 0 aliphatic rings. The summed E-state index contributed by atoms with van der Waals surface area (Å²) in [5.41, 5.74) is 12.2. The summed E-state index contributed by atoms with van der Waals surface area (Å²) >= 11 is 0. The summed E-state index contributed by atoms with van der Waals surface area (Å²) in [5, 5.41) is 45.1. The second kappa shape index (κ2) is 20.0. The first-order chi connectivity index (χ1) is 24.0. The highest BCUT2D eigenvalue weighted by Gasteiger charge is 2.13. The van der Waals surface area contributed by atoms with Crippen LogP contribution in [0.3, 0.4) is 0 Å². The van der Waals surface area contributed by atoms with Gasteiger partial charge >= 0.3 is 5.97 Å². The normalized spacial score (nSPS) is 11.9. The van der Waals surface area contributed by atoms with Crippen LogP contribution in [0.25, 0.3) is 0 Å². The van der Waals surface area contributed by atoms with Crippen molar-refractivity contribution in [2.45, 2.75) is 28.7 Å². The topological polar surface area (TPSA) is 312 Å². The number of carboxylic acids is 1. The third kappa shape index (κ3) is 16.4. The van der Waals surface area contributed by atoms with Crippen molar-refractivity contribution >= 4 is 54.9 Å². The molecule has 4 aromatic rings. The van der Waals surface area contributed by atoms with E-state index in [0.717, 1.165) is 0 Å². The first-order valence-corrected chi connectivity index (χ1v) is 17.4. The summed E-state index contributed by atoms with van der Waals surface area (Å²) < 4.78 is 60.9. The van der Waals surface area contributed by atoms with Crippen LogP contribution in [-0.2, 0) is 25.0 Å². The van der Waals surface area contributed by atoms with Crippen molar-refractivity contribution in [1.29, 1.82) is 0 Å². The highest BCUT2D eigenvalue weighted by molar-refractivity contribution is 7.86. The van der Waals surface area contributed by atoms with Gasteiger partial charge in [0.05, 0.1) is 32.5 Å². The number of nitrogens with one attached hydrogen (secondary N) is 1. The average molecular weight is 745 g/mol. The second-order valence-electron chi connectivity index (χ2n) is 10.00. The molecule has 0 radical (unpaired) electrons. The zero-order valence-corrected chi connectivity index (χ0v) is 28.6. The maximum Gasteiger partial charge on any atom is 0.320 e. The molecule has 20 heteroatoms. The van der Waals surface area contributed by atoms with Gasteiger partial charge in [0.1, 0.15) is 17.5 Å². The van der Waals surface area contributed by atoms with Gasteiger partial charge in [-0.15, -0.1) is 0 Å². The molecule has 1 atom stereocenters. The number of carbonyl (C=O) groups is 1. The van der Waals surface area contributed by atoms with E-state index in [4.69, 9.17) is 35.9 Å². The highest BCUT2D eigenvalue weighted by atomic mass is 32.2. The largest absolute Gasteiger partial charge is 0.508 e. The fraction of sp³-hybridized carbons (Fsp3) is 0.161. The minimum absolute atomic E-state index is 0.0383. The van der Waals surface area contributed by atoms with Crippen LogP contribution >= 0.6 is 0 Å². The molecule has 0 aliphatic heterocycles. The Morgan fingerprint density at radius 3 is 1.22 bits per heavy atom. The quantitative estimate of drug-likeness (QED) is 0.0317. The zero-order valence-electron chi connectivity index (χ0n) is 26.9. The first-order valence-electron chi connectivity index (χ1n) is 14.5.